The molecule has 6 nitrogen and oxygen atoms in total. The molecule has 0 fully saturated rings. The average molecular weight is 381 g/mol. The second kappa shape index (κ2) is 10.3. The fourth-order valence-corrected chi connectivity index (χ4v) is 2.70. The Balaban J connectivity index is 2.37. The van der Waals surface area contributed by atoms with E-state index >= 15 is 0 Å². The van der Waals surface area contributed by atoms with Gasteiger partial charge in [-0.3, -0.25) is 14.6 Å². The molecule has 0 aliphatic carbocycles. The van der Waals surface area contributed by atoms with E-state index in [0.717, 1.165) is 24.2 Å². The standard InChI is InChI=1S/C22H27N3O3/c1-5-6-13-23-21(18-9-7-8-10-20(18)24-16(3)26)22(27)25-19-12-11-17(28-4)14-15(19)2/h7-12,14H,5-6,13H2,1-4H3,(H,24,26)(H,25,27). The van der Waals surface area contributed by atoms with E-state index in [1.807, 2.05) is 25.1 Å². The summed E-state index contributed by atoms with van der Waals surface area (Å²) >= 11 is 0. The number of anilines is 2. The number of rotatable bonds is 8. The van der Waals surface area contributed by atoms with E-state index in [1.54, 1.807) is 31.4 Å². The Morgan fingerprint density at radius 2 is 1.82 bits per heavy atom. The quantitative estimate of drug-likeness (QED) is 0.531. The molecule has 0 heterocycles. The monoisotopic (exact) mass is 381 g/mol. The number of aliphatic imine (C=N–C) groups is 1. The van der Waals surface area contributed by atoms with Gasteiger partial charge in [-0.15, -0.1) is 0 Å². The van der Waals surface area contributed by atoms with Crippen LogP contribution in [0.2, 0.25) is 0 Å². The van der Waals surface area contributed by atoms with Crippen LogP contribution in [0.5, 0.6) is 5.75 Å². The molecule has 2 amide bonds. The predicted molar refractivity (Wildman–Crippen MR) is 113 cm³/mol. The first-order chi connectivity index (χ1) is 13.5. The molecule has 0 aromatic heterocycles. The van der Waals surface area contributed by atoms with Crippen molar-refractivity contribution < 1.29 is 14.3 Å². The Bertz CT molecular complexity index is 875. The van der Waals surface area contributed by atoms with Gasteiger partial charge in [-0.2, -0.15) is 0 Å². The number of para-hydroxylation sites is 1. The van der Waals surface area contributed by atoms with Crippen molar-refractivity contribution in [1.29, 1.82) is 0 Å². The smallest absolute Gasteiger partial charge is 0.274 e. The number of hydrogen-bond donors (Lipinski definition) is 2. The van der Waals surface area contributed by atoms with Crippen LogP contribution in [0.3, 0.4) is 0 Å². The summed E-state index contributed by atoms with van der Waals surface area (Å²) < 4.78 is 5.21. The summed E-state index contributed by atoms with van der Waals surface area (Å²) in [7, 11) is 1.60. The van der Waals surface area contributed by atoms with Crippen molar-refractivity contribution in [3.05, 3.63) is 53.6 Å². The Labute approximate surface area is 166 Å². The number of unbranched alkanes of at least 4 members (excludes halogenated alkanes) is 1. The number of hydrogen-bond acceptors (Lipinski definition) is 4. The molecule has 2 aromatic carbocycles. The average Bonchev–Trinajstić information content (AvgIpc) is 2.67. The number of carbonyl (C=O) groups is 2. The van der Waals surface area contributed by atoms with Crippen molar-refractivity contribution in [1.82, 2.24) is 0 Å². The molecule has 0 aliphatic rings. The predicted octanol–water partition coefficient (Wildman–Crippen LogP) is 4.19. The highest BCUT2D eigenvalue weighted by molar-refractivity contribution is 6.50. The molecule has 2 N–H and O–H groups in total. The summed E-state index contributed by atoms with van der Waals surface area (Å²) in [5.74, 6) is 0.206. The van der Waals surface area contributed by atoms with Gasteiger partial charge in [0.1, 0.15) is 11.5 Å². The molecule has 2 aromatic rings. The molecule has 6 heteroatoms. The van der Waals surface area contributed by atoms with Crippen molar-refractivity contribution in [2.75, 3.05) is 24.3 Å². The van der Waals surface area contributed by atoms with Gasteiger partial charge in [-0.25, -0.2) is 0 Å². The van der Waals surface area contributed by atoms with Gasteiger partial charge in [0.2, 0.25) is 5.91 Å². The fraction of sp³-hybridized carbons (Fsp3) is 0.318. The highest BCUT2D eigenvalue weighted by atomic mass is 16.5. The van der Waals surface area contributed by atoms with E-state index in [-0.39, 0.29) is 11.8 Å². The minimum atomic E-state index is -0.317. The van der Waals surface area contributed by atoms with E-state index in [9.17, 15) is 9.59 Å². The summed E-state index contributed by atoms with van der Waals surface area (Å²) in [4.78, 5) is 29.2. The van der Waals surface area contributed by atoms with Gasteiger partial charge < -0.3 is 15.4 Å². The molecule has 0 unspecified atom stereocenters. The fourth-order valence-electron chi connectivity index (χ4n) is 2.70. The van der Waals surface area contributed by atoms with Crippen LogP contribution in [-0.2, 0) is 9.59 Å². The van der Waals surface area contributed by atoms with Gasteiger partial charge in [0.05, 0.1) is 12.8 Å². The summed E-state index contributed by atoms with van der Waals surface area (Å²) in [5, 5.41) is 5.70. The van der Waals surface area contributed by atoms with Crippen LogP contribution in [0, 0.1) is 6.92 Å². The van der Waals surface area contributed by atoms with Crippen molar-refractivity contribution in [2.24, 2.45) is 4.99 Å². The van der Waals surface area contributed by atoms with Crippen LogP contribution in [0.15, 0.2) is 47.5 Å². The van der Waals surface area contributed by atoms with Crippen LogP contribution in [0.4, 0.5) is 11.4 Å². The number of aryl methyl sites for hydroxylation is 1. The minimum absolute atomic E-state index is 0.202. The molecule has 0 saturated carbocycles. The van der Waals surface area contributed by atoms with E-state index in [1.165, 1.54) is 6.92 Å². The topological polar surface area (TPSA) is 79.8 Å². The Morgan fingerprint density at radius 3 is 2.46 bits per heavy atom. The van der Waals surface area contributed by atoms with Crippen molar-refractivity contribution in [3.63, 3.8) is 0 Å². The SMILES string of the molecule is CCCCN=C(C(=O)Nc1ccc(OC)cc1C)c1ccccc1NC(C)=O. The molecule has 28 heavy (non-hydrogen) atoms. The number of ether oxygens (including phenoxy) is 1. The molecule has 0 spiro atoms. The first-order valence-corrected chi connectivity index (χ1v) is 9.33. The number of methoxy groups -OCH3 is 1. The van der Waals surface area contributed by atoms with Gasteiger partial charge in [-0.05, 0) is 43.2 Å². The maximum absolute atomic E-state index is 13.1. The number of carbonyl (C=O) groups excluding carboxylic acids is 2. The molecule has 0 saturated heterocycles. The van der Waals surface area contributed by atoms with Crippen LogP contribution in [-0.4, -0.2) is 31.2 Å². The molecular weight excluding hydrogens is 354 g/mol. The third-order valence-corrected chi connectivity index (χ3v) is 4.17. The van der Waals surface area contributed by atoms with Gasteiger partial charge in [0, 0.05) is 24.7 Å². The Hall–Kier alpha value is -3.15. The molecule has 0 aliphatic heterocycles. The molecule has 0 atom stereocenters. The molecule has 0 bridgehead atoms. The second-order valence-electron chi connectivity index (χ2n) is 6.45. The first kappa shape index (κ1) is 21.2. The van der Waals surface area contributed by atoms with Crippen LogP contribution in [0.25, 0.3) is 0 Å². The zero-order chi connectivity index (χ0) is 20.5. The van der Waals surface area contributed by atoms with Gasteiger partial charge in [-0.1, -0.05) is 31.5 Å². The summed E-state index contributed by atoms with van der Waals surface area (Å²) in [6.07, 6.45) is 1.85. The molecule has 2 rings (SSSR count). The first-order valence-electron chi connectivity index (χ1n) is 9.33. The zero-order valence-corrected chi connectivity index (χ0v) is 16.8. The number of nitrogens with zero attached hydrogens (tertiary/aromatic N) is 1. The minimum Gasteiger partial charge on any atom is -0.497 e. The summed E-state index contributed by atoms with van der Waals surface area (Å²) in [6.45, 7) is 5.94. The maximum Gasteiger partial charge on any atom is 0.274 e. The lowest BCUT2D eigenvalue weighted by Crippen LogP contribution is -2.26. The van der Waals surface area contributed by atoms with Gasteiger partial charge >= 0.3 is 0 Å². The Kier molecular flexibility index (Phi) is 7.75. The van der Waals surface area contributed by atoms with Crippen LogP contribution >= 0.6 is 0 Å². The van der Waals surface area contributed by atoms with Crippen molar-refractivity contribution >= 4 is 28.9 Å². The molecular formula is C22H27N3O3. The Morgan fingerprint density at radius 1 is 1.07 bits per heavy atom. The van der Waals surface area contributed by atoms with Crippen molar-refractivity contribution in [3.8, 4) is 5.75 Å². The third-order valence-electron chi connectivity index (χ3n) is 4.17. The zero-order valence-electron chi connectivity index (χ0n) is 16.8. The van der Waals surface area contributed by atoms with E-state index < -0.39 is 0 Å². The number of nitrogens with one attached hydrogen (secondary N) is 2. The van der Waals surface area contributed by atoms with Gasteiger partial charge in [0.25, 0.3) is 5.91 Å². The number of amides is 2. The largest absolute Gasteiger partial charge is 0.497 e. The maximum atomic E-state index is 13.1. The normalized spacial score (nSPS) is 11.1. The highest BCUT2D eigenvalue weighted by Crippen LogP contribution is 2.22. The van der Waals surface area contributed by atoms with E-state index in [0.29, 0.717) is 29.2 Å². The summed E-state index contributed by atoms with van der Waals surface area (Å²) in [5.41, 5.74) is 3.03. The molecule has 148 valence electrons. The van der Waals surface area contributed by atoms with Crippen molar-refractivity contribution in [2.45, 2.75) is 33.6 Å². The van der Waals surface area contributed by atoms with Crippen LogP contribution in [0.1, 0.15) is 37.8 Å². The van der Waals surface area contributed by atoms with Gasteiger partial charge in [0.15, 0.2) is 0 Å². The van der Waals surface area contributed by atoms with E-state index in [4.69, 9.17) is 4.74 Å². The van der Waals surface area contributed by atoms with E-state index in [2.05, 4.69) is 22.5 Å². The highest BCUT2D eigenvalue weighted by Gasteiger charge is 2.18. The van der Waals surface area contributed by atoms with Crippen LogP contribution < -0.4 is 15.4 Å². The lowest BCUT2D eigenvalue weighted by Gasteiger charge is -2.14. The lowest BCUT2D eigenvalue weighted by atomic mass is 10.1. The molecule has 0 radical (unpaired) electrons. The number of benzene rings is 2. The second-order valence-corrected chi connectivity index (χ2v) is 6.45. The lowest BCUT2D eigenvalue weighted by molar-refractivity contribution is -0.114. The summed E-state index contributed by atoms with van der Waals surface area (Å²) in [6, 6.07) is 12.6. The third kappa shape index (κ3) is 5.67.